The van der Waals surface area contributed by atoms with E-state index in [-0.39, 0.29) is 11.7 Å². The first kappa shape index (κ1) is 16.4. The summed E-state index contributed by atoms with van der Waals surface area (Å²) >= 11 is 0. The molecule has 1 N–H and O–H groups in total. The van der Waals surface area contributed by atoms with Crippen LogP contribution < -0.4 is 4.90 Å². The second-order valence-electron chi connectivity index (χ2n) is 6.65. The van der Waals surface area contributed by atoms with E-state index in [4.69, 9.17) is 0 Å². The Hall–Kier alpha value is -3.08. The topological polar surface area (TPSA) is 56.4 Å². The molecule has 0 saturated carbocycles. The van der Waals surface area contributed by atoms with Crippen molar-refractivity contribution in [2.45, 2.75) is 6.92 Å². The molecule has 1 aromatic heterocycles. The smallest absolute Gasteiger partial charge is 0.270 e. The maximum absolute atomic E-state index is 12.8. The third kappa shape index (κ3) is 3.08. The minimum absolute atomic E-state index is 0.0489. The minimum Gasteiger partial charge on any atom is -0.368 e. The summed E-state index contributed by atoms with van der Waals surface area (Å²) in [7, 11) is 0. The Balaban J connectivity index is 1.42. The van der Waals surface area contributed by atoms with Crippen LogP contribution in [-0.2, 0) is 0 Å². The molecule has 5 nitrogen and oxygen atoms in total. The van der Waals surface area contributed by atoms with E-state index in [0.29, 0.717) is 18.8 Å². The molecule has 5 heteroatoms. The minimum atomic E-state index is 0.0489. The highest BCUT2D eigenvalue weighted by molar-refractivity contribution is 5.98. The molecule has 0 radical (unpaired) electrons. The Morgan fingerprint density at radius 2 is 1.62 bits per heavy atom. The van der Waals surface area contributed by atoms with E-state index < -0.39 is 0 Å². The van der Waals surface area contributed by atoms with Crippen LogP contribution in [0.3, 0.4) is 0 Å². The van der Waals surface area contributed by atoms with Crippen LogP contribution in [0.1, 0.15) is 27.8 Å². The number of nitrogens with zero attached hydrogens (tertiary/aromatic N) is 2. The largest absolute Gasteiger partial charge is 0.368 e. The van der Waals surface area contributed by atoms with Crippen molar-refractivity contribution < 1.29 is 9.59 Å². The summed E-state index contributed by atoms with van der Waals surface area (Å²) < 4.78 is 0. The number of rotatable bonds is 3. The molecule has 0 bridgehead atoms. The second-order valence-corrected chi connectivity index (χ2v) is 6.65. The predicted molar refractivity (Wildman–Crippen MR) is 103 cm³/mol. The Bertz CT molecular complexity index is 918. The van der Waals surface area contributed by atoms with Gasteiger partial charge in [-0.3, -0.25) is 9.59 Å². The standard InChI is InChI=1S/C21H21N3O2/c1-15(25)16-6-8-18(9-7-16)23-10-12-24(13-11-23)21(26)20-14-17-4-2-3-5-19(17)22-20/h2-9,14,22H,10-13H2,1H3. The highest BCUT2D eigenvalue weighted by Gasteiger charge is 2.23. The molecule has 3 aromatic rings. The Morgan fingerprint density at radius 3 is 2.27 bits per heavy atom. The quantitative estimate of drug-likeness (QED) is 0.740. The zero-order valence-corrected chi connectivity index (χ0v) is 14.7. The van der Waals surface area contributed by atoms with Crippen molar-refractivity contribution in [3.05, 3.63) is 65.9 Å². The number of carbonyl (C=O) groups is 2. The number of Topliss-reactive ketones (excluding diaryl/α,β-unsaturated/α-hetero) is 1. The number of piperazine rings is 1. The first-order chi connectivity index (χ1) is 12.6. The van der Waals surface area contributed by atoms with Gasteiger partial charge in [0.05, 0.1) is 0 Å². The van der Waals surface area contributed by atoms with Gasteiger partial charge in [0.15, 0.2) is 5.78 Å². The molecule has 2 aromatic carbocycles. The van der Waals surface area contributed by atoms with Gasteiger partial charge in [0.25, 0.3) is 5.91 Å². The van der Waals surface area contributed by atoms with Crippen molar-refractivity contribution in [2.24, 2.45) is 0 Å². The van der Waals surface area contributed by atoms with E-state index in [2.05, 4.69) is 9.88 Å². The lowest BCUT2D eigenvalue weighted by molar-refractivity contribution is 0.0741. The van der Waals surface area contributed by atoms with Crippen LogP contribution in [0.2, 0.25) is 0 Å². The van der Waals surface area contributed by atoms with Crippen molar-refractivity contribution in [1.82, 2.24) is 9.88 Å². The molecule has 0 aliphatic carbocycles. The normalized spacial score (nSPS) is 14.7. The van der Waals surface area contributed by atoms with Gasteiger partial charge in [0.2, 0.25) is 0 Å². The number of ketones is 1. The molecule has 4 rings (SSSR count). The van der Waals surface area contributed by atoms with Crippen molar-refractivity contribution in [2.75, 3.05) is 31.1 Å². The summed E-state index contributed by atoms with van der Waals surface area (Å²) in [6, 6.07) is 17.5. The molecule has 1 fully saturated rings. The number of aromatic amines is 1. The van der Waals surface area contributed by atoms with Gasteiger partial charge < -0.3 is 14.8 Å². The molecule has 0 unspecified atom stereocenters. The number of H-pyrrole nitrogens is 1. The monoisotopic (exact) mass is 347 g/mol. The molecule has 132 valence electrons. The Morgan fingerprint density at radius 1 is 0.923 bits per heavy atom. The summed E-state index contributed by atoms with van der Waals surface area (Å²) in [5, 5.41) is 1.06. The van der Waals surface area contributed by atoms with Crippen molar-refractivity contribution in [3.63, 3.8) is 0 Å². The molecule has 1 aliphatic heterocycles. The van der Waals surface area contributed by atoms with Gasteiger partial charge in [-0.05, 0) is 43.3 Å². The highest BCUT2D eigenvalue weighted by atomic mass is 16.2. The summed E-state index contributed by atoms with van der Waals surface area (Å²) in [5.41, 5.74) is 3.44. The number of aromatic nitrogens is 1. The van der Waals surface area contributed by atoms with Crippen LogP contribution in [0.4, 0.5) is 5.69 Å². The zero-order chi connectivity index (χ0) is 18.1. The second kappa shape index (κ2) is 6.67. The molecular formula is C21H21N3O2. The number of carbonyl (C=O) groups excluding carboxylic acids is 2. The average molecular weight is 347 g/mol. The molecule has 0 atom stereocenters. The molecule has 1 saturated heterocycles. The molecular weight excluding hydrogens is 326 g/mol. The Kier molecular flexibility index (Phi) is 4.21. The average Bonchev–Trinajstić information content (AvgIpc) is 3.12. The van der Waals surface area contributed by atoms with Gasteiger partial charge >= 0.3 is 0 Å². The van der Waals surface area contributed by atoms with E-state index in [0.717, 1.165) is 35.2 Å². The van der Waals surface area contributed by atoms with E-state index in [9.17, 15) is 9.59 Å². The number of nitrogens with one attached hydrogen (secondary N) is 1. The van der Waals surface area contributed by atoms with Gasteiger partial charge in [-0.1, -0.05) is 18.2 Å². The lowest BCUT2D eigenvalue weighted by Crippen LogP contribution is -2.48. The number of hydrogen-bond donors (Lipinski definition) is 1. The summed E-state index contributed by atoms with van der Waals surface area (Å²) in [4.78, 5) is 31.5. The number of fused-ring (bicyclic) bond motifs is 1. The first-order valence-corrected chi connectivity index (χ1v) is 8.85. The SMILES string of the molecule is CC(=O)c1ccc(N2CCN(C(=O)c3cc4ccccc4[nH]3)CC2)cc1. The lowest BCUT2D eigenvalue weighted by Gasteiger charge is -2.36. The molecule has 0 spiro atoms. The van der Waals surface area contributed by atoms with Crippen molar-refractivity contribution in [3.8, 4) is 0 Å². The van der Waals surface area contributed by atoms with E-state index in [1.807, 2.05) is 59.5 Å². The lowest BCUT2D eigenvalue weighted by atomic mass is 10.1. The van der Waals surface area contributed by atoms with Crippen LogP contribution in [0.25, 0.3) is 10.9 Å². The van der Waals surface area contributed by atoms with Crippen LogP contribution in [0.15, 0.2) is 54.6 Å². The highest BCUT2D eigenvalue weighted by Crippen LogP contribution is 2.20. The van der Waals surface area contributed by atoms with E-state index in [1.54, 1.807) is 6.92 Å². The van der Waals surface area contributed by atoms with Gasteiger partial charge in [-0.2, -0.15) is 0 Å². The van der Waals surface area contributed by atoms with Crippen LogP contribution in [0.5, 0.6) is 0 Å². The number of para-hydroxylation sites is 1. The van der Waals surface area contributed by atoms with E-state index in [1.165, 1.54) is 0 Å². The van der Waals surface area contributed by atoms with Crippen LogP contribution >= 0.6 is 0 Å². The van der Waals surface area contributed by atoms with Crippen LogP contribution in [-0.4, -0.2) is 47.8 Å². The van der Waals surface area contributed by atoms with E-state index >= 15 is 0 Å². The molecule has 26 heavy (non-hydrogen) atoms. The predicted octanol–water partition coefficient (Wildman–Crippen LogP) is 3.33. The number of amides is 1. The fourth-order valence-electron chi connectivity index (χ4n) is 3.43. The van der Waals surface area contributed by atoms with Gasteiger partial charge in [-0.15, -0.1) is 0 Å². The first-order valence-electron chi connectivity index (χ1n) is 8.85. The molecule has 1 aliphatic rings. The van der Waals surface area contributed by atoms with Gasteiger partial charge in [0.1, 0.15) is 5.69 Å². The van der Waals surface area contributed by atoms with Crippen LogP contribution in [0, 0.1) is 0 Å². The van der Waals surface area contributed by atoms with Crippen molar-refractivity contribution >= 4 is 28.3 Å². The van der Waals surface area contributed by atoms with Gasteiger partial charge in [-0.25, -0.2) is 0 Å². The molecule has 1 amide bonds. The summed E-state index contributed by atoms with van der Waals surface area (Å²) in [6.07, 6.45) is 0. The van der Waals surface area contributed by atoms with Crippen molar-refractivity contribution in [1.29, 1.82) is 0 Å². The third-order valence-corrected chi connectivity index (χ3v) is 4.97. The summed E-state index contributed by atoms with van der Waals surface area (Å²) in [6.45, 7) is 4.51. The van der Waals surface area contributed by atoms with Gasteiger partial charge in [0, 0.05) is 48.3 Å². The number of anilines is 1. The zero-order valence-electron chi connectivity index (χ0n) is 14.7. The number of hydrogen-bond acceptors (Lipinski definition) is 3. The maximum atomic E-state index is 12.8. The fraction of sp³-hybridized carbons (Fsp3) is 0.238. The maximum Gasteiger partial charge on any atom is 0.270 e. The summed E-state index contributed by atoms with van der Waals surface area (Å²) in [5.74, 6) is 0.123. The Labute approximate surface area is 152 Å². The fourth-order valence-corrected chi connectivity index (χ4v) is 3.43. The third-order valence-electron chi connectivity index (χ3n) is 4.97. The molecule has 2 heterocycles. The number of benzene rings is 2.